The number of aryl methyl sites for hydroxylation is 1. The fourth-order valence-corrected chi connectivity index (χ4v) is 4.20. The zero-order valence-electron chi connectivity index (χ0n) is 22.0. The molecule has 1 aromatic heterocycles. The highest BCUT2D eigenvalue weighted by molar-refractivity contribution is 14.0. The van der Waals surface area contributed by atoms with E-state index in [0.29, 0.717) is 12.0 Å². The second-order valence-electron chi connectivity index (χ2n) is 9.10. The number of phosphoric ester groups is 1. The molecule has 0 saturated carbocycles. The summed E-state index contributed by atoms with van der Waals surface area (Å²) in [7, 11) is -4.43. The molecule has 2 rings (SSSR count). The van der Waals surface area contributed by atoms with Gasteiger partial charge in [0.25, 0.3) is 5.56 Å². The fourth-order valence-electron chi connectivity index (χ4n) is 3.16. The van der Waals surface area contributed by atoms with Gasteiger partial charge in [0.1, 0.15) is 0 Å². The number of rotatable bonds is 12. The lowest BCUT2D eigenvalue weighted by Crippen LogP contribution is -2.33. The summed E-state index contributed by atoms with van der Waals surface area (Å²) in [6, 6.07) is -0.402. The molecule has 0 spiro atoms. The van der Waals surface area contributed by atoms with E-state index in [1.165, 1.54) is 10.8 Å². The van der Waals surface area contributed by atoms with Crippen molar-refractivity contribution in [3.8, 4) is 0 Å². The highest BCUT2D eigenvalue weighted by atomic mass is 127. The quantitative estimate of drug-likeness (QED) is 0.109. The maximum absolute atomic E-state index is 13.2. The Labute approximate surface area is 238 Å². The van der Waals surface area contributed by atoms with Gasteiger partial charge in [-0.05, 0) is 41.0 Å². The minimum Gasteiger partial charge on any atom is -0.432 e. The van der Waals surface area contributed by atoms with Gasteiger partial charge in [0.05, 0.1) is 24.9 Å². The number of hydrogen-bond donors (Lipinski definition) is 1. The highest BCUT2D eigenvalue weighted by Gasteiger charge is 2.37. The van der Waals surface area contributed by atoms with E-state index in [0.717, 1.165) is 0 Å². The van der Waals surface area contributed by atoms with Crippen molar-refractivity contribution in [1.82, 2.24) is 9.55 Å². The molecular formula is C22H36IN2O12P. The molecule has 1 aliphatic carbocycles. The van der Waals surface area contributed by atoms with Crippen LogP contribution in [0.25, 0.3) is 0 Å². The largest absolute Gasteiger partial charge is 0.510 e. The average Bonchev–Trinajstić information content (AvgIpc) is 3.16. The molecule has 0 fully saturated rings. The molecule has 14 nitrogen and oxygen atoms in total. The Hall–Kier alpha value is -2.20. The molecule has 0 unspecified atom stereocenters. The first-order chi connectivity index (χ1) is 17.2. The summed E-state index contributed by atoms with van der Waals surface area (Å²) >= 11 is 0. The van der Waals surface area contributed by atoms with Crippen LogP contribution in [0.1, 0.15) is 54.1 Å². The van der Waals surface area contributed by atoms with Crippen LogP contribution in [0.15, 0.2) is 27.9 Å². The lowest BCUT2D eigenvalue weighted by molar-refractivity contribution is -0.0481. The van der Waals surface area contributed by atoms with Crippen LogP contribution < -0.4 is 11.2 Å². The molecule has 0 radical (unpaired) electrons. The van der Waals surface area contributed by atoms with Crippen molar-refractivity contribution in [1.29, 1.82) is 0 Å². The van der Waals surface area contributed by atoms with Crippen LogP contribution in [0.5, 0.6) is 0 Å². The molecule has 16 heteroatoms. The van der Waals surface area contributed by atoms with Crippen LogP contribution in [0.4, 0.5) is 9.59 Å². The molecule has 1 aromatic rings. The Balaban J connectivity index is 0.00000722. The first-order valence-corrected chi connectivity index (χ1v) is 12.9. The van der Waals surface area contributed by atoms with Gasteiger partial charge in [-0.3, -0.25) is 18.9 Å². The van der Waals surface area contributed by atoms with Gasteiger partial charge in [-0.15, -0.1) is 24.0 Å². The Kier molecular flexibility index (Phi) is 13.2. The Morgan fingerprint density at radius 3 is 2.11 bits per heavy atom. The van der Waals surface area contributed by atoms with Crippen LogP contribution in [-0.2, 0) is 37.1 Å². The third kappa shape index (κ3) is 10.9. The number of halogens is 1. The molecule has 1 aliphatic rings. The van der Waals surface area contributed by atoms with Gasteiger partial charge in [-0.25, -0.2) is 28.0 Å². The van der Waals surface area contributed by atoms with Crippen LogP contribution >= 0.6 is 31.8 Å². The van der Waals surface area contributed by atoms with Gasteiger partial charge in [-0.1, -0.05) is 19.1 Å². The maximum Gasteiger partial charge on any atom is 0.510 e. The lowest BCUT2D eigenvalue weighted by Gasteiger charge is -2.26. The molecule has 0 aromatic carbocycles. The molecular weight excluding hydrogens is 642 g/mol. The zero-order valence-corrected chi connectivity index (χ0v) is 25.2. The van der Waals surface area contributed by atoms with Gasteiger partial charge < -0.3 is 18.9 Å². The van der Waals surface area contributed by atoms with Gasteiger partial charge in [0, 0.05) is 18.6 Å². The van der Waals surface area contributed by atoms with E-state index < -0.39 is 68.6 Å². The summed E-state index contributed by atoms with van der Waals surface area (Å²) in [4.78, 5) is 49.3. The molecule has 1 N–H and O–H groups in total. The standard InChI is InChI=1S/C22H33N2O12P.HI.H2/c1-14(2)35-20(27)30-12-33-37(29,34-13-31-21(28)36-15(3)4)32-11-22(6)8-7-17(9-22)24-10-16(5)18(25)23-19(24)26;;/h7-8,10,14-15,17H,9,11-13H2,1-6H3,(H,23,25,26);2*1H/t17-,22+;;/m0../s1. The van der Waals surface area contributed by atoms with Gasteiger partial charge in [-0.2, -0.15) is 0 Å². The molecule has 2 atom stereocenters. The maximum atomic E-state index is 13.2. The van der Waals surface area contributed by atoms with Crippen molar-refractivity contribution in [2.24, 2.45) is 5.41 Å². The van der Waals surface area contributed by atoms with Crippen molar-refractivity contribution < 1.29 is 48.1 Å². The number of phosphoric acid groups is 1. The van der Waals surface area contributed by atoms with E-state index >= 15 is 0 Å². The second kappa shape index (κ2) is 14.8. The van der Waals surface area contributed by atoms with Crippen LogP contribution in [0, 0.1) is 12.3 Å². The van der Waals surface area contributed by atoms with E-state index in [4.69, 9.17) is 32.5 Å². The van der Waals surface area contributed by atoms with Gasteiger partial charge in [0.2, 0.25) is 13.6 Å². The number of allylic oxidation sites excluding steroid dienone is 1. The highest BCUT2D eigenvalue weighted by Crippen LogP contribution is 2.52. The summed E-state index contributed by atoms with van der Waals surface area (Å²) < 4.78 is 49.1. The predicted octanol–water partition coefficient (Wildman–Crippen LogP) is 4.41. The Morgan fingerprint density at radius 1 is 1.08 bits per heavy atom. The molecule has 0 aliphatic heterocycles. The molecule has 1 heterocycles. The second-order valence-corrected chi connectivity index (χ2v) is 10.8. The Morgan fingerprint density at radius 2 is 1.61 bits per heavy atom. The van der Waals surface area contributed by atoms with Crippen molar-refractivity contribution in [2.45, 2.75) is 66.2 Å². The molecule has 38 heavy (non-hydrogen) atoms. The number of aromatic amines is 1. The van der Waals surface area contributed by atoms with Crippen molar-refractivity contribution in [2.75, 3.05) is 20.2 Å². The molecule has 0 amide bonds. The van der Waals surface area contributed by atoms with E-state index in [9.17, 15) is 23.7 Å². The average molecular weight is 678 g/mol. The minimum atomic E-state index is -4.43. The van der Waals surface area contributed by atoms with E-state index in [1.54, 1.807) is 53.7 Å². The number of aromatic nitrogens is 2. The SMILES string of the molecule is Cc1cn([C@H]2C=C[C@@](C)(COP(=O)(OCOC(=O)OC(C)C)OCOC(=O)OC(C)C)C2)c(=O)[nH]c1=O.I.[HH]. The monoisotopic (exact) mass is 678 g/mol. The van der Waals surface area contributed by atoms with Crippen molar-refractivity contribution >= 4 is 44.1 Å². The topological polar surface area (TPSA) is 171 Å². The molecule has 218 valence electrons. The third-order valence-corrected chi connectivity index (χ3v) is 6.18. The van der Waals surface area contributed by atoms with Crippen LogP contribution in [0.3, 0.4) is 0 Å². The smallest absolute Gasteiger partial charge is 0.432 e. The minimum absolute atomic E-state index is 0. The number of ether oxygens (including phenoxy) is 4. The molecule has 0 saturated heterocycles. The van der Waals surface area contributed by atoms with E-state index in [-0.39, 0.29) is 32.0 Å². The lowest BCUT2D eigenvalue weighted by atomic mass is 9.90. The predicted molar refractivity (Wildman–Crippen MR) is 145 cm³/mol. The number of carbonyl (C=O) groups excluding carboxylic acids is 2. The summed E-state index contributed by atoms with van der Waals surface area (Å²) in [6.07, 6.45) is 2.31. The van der Waals surface area contributed by atoms with Crippen molar-refractivity contribution in [3.05, 3.63) is 44.8 Å². The van der Waals surface area contributed by atoms with Crippen LogP contribution in [-0.4, -0.2) is 54.3 Å². The normalized spacial score (nSPS) is 18.8. The first kappa shape index (κ1) is 33.8. The number of carbonyl (C=O) groups is 2. The fraction of sp³-hybridized carbons (Fsp3) is 0.636. The number of hydrogen-bond acceptors (Lipinski definition) is 12. The number of nitrogens with one attached hydrogen (secondary N) is 1. The van der Waals surface area contributed by atoms with E-state index in [1.807, 2.05) is 0 Å². The van der Waals surface area contributed by atoms with E-state index in [2.05, 4.69) is 4.98 Å². The summed E-state index contributed by atoms with van der Waals surface area (Å²) in [5.41, 5.74) is -1.39. The molecule has 0 bridgehead atoms. The summed E-state index contributed by atoms with van der Waals surface area (Å²) in [5.74, 6) is 0. The van der Waals surface area contributed by atoms with Crippen molar-refractivity contribution in [3.63, 3.8) is 0 Å². The third-order valence-electron chi connectivity index (χ3n) is 4.89. The number of nitrogens with zero attached hydrogens (tertiary/aromatic N) is 1. The summed E-state index contributed by atoms with van der Waals surface area (Å²) in [5, 5.41) is 0. The van der Waals surface area contributed by atoms with Gasteiger partial charge >= 0.3 is 25.8 Å². The van der Waals surface area contributed by atoms with Gasteiger partial charge in [0.15, 0.2) is 0 Å². The van der Waals surface area contributed by atoms with Crippen LogP contribution in [0.2, 0.25) is 0 Å². The number of H-pyrrole nitrogens is 1. The first-order valence-electron chi connectivity index (χ1n) is 11.4. The summed E-state index contributed by atoms with van der Waals surface area (Å²) in [6.45, 7) is 7.93. The zero-order chi connectivity index (χ0) is 27.8. The Bertz CT molecular complexity index is 1120.